The summed E-state index contributed by atoms with van der Waals surface area (Å²) >= 11 is 0. The molecule has 1 aromatic carbocycles. The van der Waals surface area contributed by atoms with Crippen LogP contribution < -0.4 is 20.5 Å². The highest BCUT2D eigenvalue weighted by Gasteiger charge is 2.26. The van der Waals surface area contributed by atoms with Crippen LogP contribution in [-0.2, 0) is 0 Å². The molecule has 3 N–H and O–H groups in total. The molecule has 1 fully saturated rings. The van der Waals surface area contributed by atoms with Crippen molar-refractivity contribution in [2.24, 2.45) is 11.7 Å². The quantitative estimate of drug-likeness (QED) is 0.803. The highest BCUT2D eigenvalue weighted by Crippen LogP contribution is 2.33. The van der Waals surface area contributed by atoms with Gasteiger partial charge in [-0.15, -0.1) is 0 Å². The molecule has 3 rings (SSSR count). The van der Waals surface area contributed by atoms with Crippen molar-refractivity contribution in [2.45, 2.75) is 12.5 Å². The van der Waals surface area contributed by atoms with Crippen molar-refractivity contribution >= 4 is 0 Å². The maximum atomic E-state index is 6.24. The molecule has 4 nitrogen and oxygen atoms in total. The molecule has 0 amide bonds. The topological polar surface area (TPSA) is 56.5 Å². The number of fused-ring (bicyclic) bond motifs is 1. The minimum atomic E-state index is 0.0911. The summed E-state index contributed by atoms with van der Waals surface area (Å²) in [5.41, 5.74) is 7.38. The second-order valence-electron chi connectivity index (χ2n) is 4.70. The van der Waals surface area contributed by atoms with Crippen LogP contribution in [-0.4, -0.2) is 26.3 Å². The predicted octanol–water partition coefficient (Wildman–Crippen LogP) is 1.07. The van der Waals surface area contributed by atoms with Crippen LogP contribution in [0.25, 0.3) is 0 Å². The molecule has 17 heavy (non-hydrogen) atoms. The van der Waals surface area contributed by atoms with E-state index in [0.717, 1.165) is 49.8 Å². The van der Waals surface area contributed by atoms with Gasteiger partial charge in [0.2, 0.25) is 0 Å². The summed E-state index contributed by atoms with van der Waals surface area (Å²) in [6.45, 7) is 3.47. The van der Waals surface area contributed by atoms with Gasteiger partial charge in [-0.3, -0.25) is 0 Å². The Bertz CT molecular complexity index is 404. The SMILES string of the molecule is NC(c1ccc2c(c1)OCCCO2)C1CNC1. The van der Waals surface area contributed by atoms with Gasteiger partial charge >= 0.3 is 0 Å². The van der Waals surface area contributed by atoms with E-state index in [9.17, 15) is 0 Å². The highest BCUT2D eigenvalue weighted by atomic mass is 16.5. The summed E-state index contributed by atoms with van der Waals surface area (Å²) in [5.74, 6) is 2.22. The van der Waals surface area contributed by atoms with E-state index < -0.39 is 0 Å². The molecule has 0 radical (unpaired) electrons. The van der Waals surface area contributed by atoms with Gasteiger partial charge in [0.1, 0.15) is 0 Å². The first-order valence-electron chi connectivity index (χ1n) is 6.20. The van der Waals surface area contributed by atoms with Crippen molar-refractivity contribution in [2.75, 3.05) is 26.3 Å². The zero-order chi connectivity index (χ0) is 11.7. The normalized spacial score (nSPS) is 21.5. The average molecular weight is 234 g/mol. The standard InChI is InChI=1S/C13H18N2O2/c14-13(10-7-15-8-10)9-2-3-11-12(6-9)17-5-1-4-16-11/h2-3,6,10,13,15H,1,4-5,7-8,14H2. The Hall–Kier alpha value is -1.26. The molecule has 2 heterocycles. The van der Waals surface area contributed by atoms with Gasteiger partial charge in [0.15, 0.2) is 11.5 Å². The predicted molar refractivity (Wildman–Crippen MR) is 65.3 cm³/mol. The van der Waals surface area contributed by atoms with E-state index in [0.29, 0.717) is 5.92 Å². The van der Waals surface area contributed by atoms with Crippen LogP contribution in [0.1, 0.15) is 18.0 Å². The molecule has 1 saturated heterocycles. The number of ether oxygens (including phenoxy) is 2. The summed E-state index contributed by atoms with van der Waals surface area (Å²) < 4.78 is 11.3. The molecule has 1 aromatic rings. The van der Waals surface area contributed by atoms with Crippen LogP contribution >= 0.6 is 0 Å². The third kappa shape index (κ3) is 2.10. The molecule has 92 valence electrons. The van der Waals surface area contributed by atoms with Crippen LogP contribution in [0.4, 0.5) is 0 Å². The van der Waals surface area contributed by atoms with Crippen LogP contribution in [0.5, 0.6) is 11.5 Å². The largest absolute Gasteiger partial charge is 0.490 e. The summed E-state index contributed by atoms with van der Waals surface area (Å²) in [6, 6.07) is 6.15. The number of hydrogen-bond donors (Lipinski definition) is 2. The minimum Gasteiger partial charge on any atom is -0.490 e. The van der Waals surface area contributed by atoms with Crippen LogP contribution in [0.15, 0.2) is 18.2 Å². The van der Waals surface area contributed by atoms with E-state index in [4.69, 9.17) is 15.2 Å². The Morgan fingerprint density at radius 3 is 2.65 bits per heavy atom. The maximum Gasteiger partial charge on any atom is 0.161 e. The summed E-state index contributed by atoms with van der Waals surface area (Å²) in [4.78, 5) is 0. The molecular formula is C13H18N2O2. The van der Waals surface area contributed by atoms with Gasteiger partial charge in [-0.05, 0) is 17.7 Å². The molecule has 0 aliphatic carbocycles. The van der Waals surface area contributed by atoms with E-state index in [1.165, 1.54) is 0 Å². The number of nitrogens with one attached hydrogen (secondary N) is 1. The van der Waals surface area contributed by atoms with Gasteiger partial charge < -0.3 is 20.5 Å². The van der Waals surface area contributed by atoms with E-state index in [1.807, 2.05) is 12.1 Å². The van der Waals surface area contributed by atoms with Crippen molar-refractivity contribution in [3.63, 3.8) is 0 Å². The first kappa shape index (κ1) is 10.9. The first-order chi connectivity index (χ1) is 8.34. The number of hydrogen-bond acceptors (Lipinski definition) is 4. The maximum absolute atomic E-state index is 6.24. The van der Waals surface area contributed by atoms with E-state index in [-0.39, 0.29) is 6.04 Å². The van der Waals surface area contributed by atoms with Gasteiger partial charge in [0.05, 0.1) is 13.2 Å². The van der Waals surface area contributed by atoms with Crippen molar-refractivity contribution in [1.29, 1.82) is 0 Å². The molecule has 4 heteroatoms. The van der Waals surface area contributed by atoms with Gasteiger partial charge in [-0.2, -0.15) is 0 Å². The second-order valence-corrected chi connectivity index (χ2v) is 4.70. The molecular weight excluding hydrogens is 216 g/mol. The van der Waals surface area contributed by atoms with Crippen molar-refractivity contribution in [3.05, 3.63) is 23.8 Å². The molecule has 2 aliphatic rings. The van der Waals surface area contributed by atoms with Gasteiger partial charge in [-0.25, -0.2) is 0 Å². The lowest BCUT2D eigenvalue weighted by Gasteiger charge is -2.32. The Morgan fingerprint density at radius 2 is 1.94 bits per heavy atom. The van der Waals surface area contributed by atoms with Crippen LogP contribution in [0.2, 0.25) is 0 Å². The fraction of sp³-hybridized carbons (Fsp3) is 0.538. The monoisotopic (exact) mass is 234 g/mol. The summed E-state index contributed by atoms with van der Waals surface area (Å²) in [5, 5.41) is 3.25. The fourth-order valence-electron chi connectivity index (χ4n) is 2.22. The van der Waals surface area contributed by atoms with Crippen molar-refractivity contribution < 1.29 is 9.47 Å². The minimum absolute atomic E-state index is 0.0911. The van der Waals surface area contributed by atoms with Crippen molar-refractivity contribution in [3.8, 4) is 11.5 Å². The summed E-state index contributed by atoms with van der Waals surface area (Å²) in [7, 11) is 0. The Morgan fingerprint density at radius 1 is 1.18 bits per heavy atom. The Labute approximate surface area is 101 Å². The zero-order valence-corrected chi connectivity index (χ0v) is 9.82. The van der Waals surface area contributed by atoms with E-state index in [1.54, 1.807) is 0 Å². The molecule has 0 spiro atoms. The zero-order valence-electron chi connectivity index (χ0n) is 9.82. The molecule has 2 aliphatic heterocycles. The number of rotatable bonds is 2. The lowest BCUT2D eigenvalue weighted by atomic mass is 9.89. The molecule has 0 bridgehead atoms. The lowest BCUT2D eigenvalue weighted by molar-refractivity contribution is 0.292. The highest BCUT2D eigenvalue weighted by molar-refractivity contribution is 5.44. The number of benzene rings is 1. The van der Waals surface area contributed by atoms with E-state index in [2.05, 4.69) is 11.4 Å². The van der Waals surface area contributed by atoms with E-state index >= 15 is 0 Å². The van der Waals surface area contributed by atoms with Gasteiger partial charge in [0.25, 0.3) is 0 Å². The summed E-state index contributed by atoms with van der Waals surface area (Å²) in [6.07, 6.45) is 0.933. The van der Waals surface area contributed by atoms with Crippen LogP contribution in [0, 0.1) is 5.92 Å². The molecule has 0 aromatic heterocycles. The average Bonchev–Trinajstić information content (AvgIpc) is 2.50. The Kier molecular flexibility index (Phi) is 2.91. The third-order valence-corrected chi connectivity index (χ3v) is 3.48. The first-order valence-corrected chi connectivity index (χ1v) is 6.20. The Balaban J connectivity index is 1.83. The second kappa shape index (κ2) is 4.55. The van der Waals surface area contributed by atoms with Gasteiger partial charge in [0, 0.05) is 31.5 Å². The fourth-order valence-corrected chi connectivity index (χ4v) is 2.22. The smallest absolute Gasteiger partial charge is 0.161 e. The molecule has 0 saturated carbocycles. The molecule has 1 unspecified atom stereocenters. The van der Waals surface area contributed by atoms with Gasteiger partial charge in [-0.1, -0.05) is 6.07 Å². The third-order valence-electron chi connectivity index (χ3n) is 3.48. The number of nitrogens with two attached hydrogens (primary N) is 1. The lowest BCUT2D eigenvalue weighted by Crippen LogP contribution is -2.47. The van der Waals surface area contributed by atoms with Crippen molar-refractivity contribution in [1.82, 2.24) is 5.32 Å². The molecule has 1 atom stereocenters. The van der Waals surface area contributed by atoms with Crippen LogP contribution in [0.3, 0.4) is 0 Å².